The van der Waals surface area contributed by atoms with Crippen LogP contribution in [0.3, 0.4) is 0 Å². The molecule has 0 aromatic heterocycles. The van der Waals surface area contributed by atoms with Crippen molar-refractivity contribution in [3.8, 4) is 28.0 Å². The van der Waals surface area contributed by atoms with E-state index >= 15 is 4.39 Å². The summed E-state index contributed by atoms with van der Waals surface area (Å²) in [6.07, 6.45) is -1.35. The SMILES string of the molecule is CCCCCC1COC(c2ccc(-c3cc(F)c(C(F)(F)Oc4ccc(-c5cc(F)c(F)c(F)c5)c(F)c4)c(F)c3)c(F)c2)OC1. The molecule has 4 aromatic carbocycles. The summed E-state index contributed by atoms with van der Waals surface area (Å²) in [5.74, 6) is -11.4. The van der Waals surface area contributed by atoms with E-state index in [-0.39, 0.29) is 17.0 Å². The molecule has 0 aliphatic carbocycles. The molecule has 1 heterocycles. The van der Waals surface area contributed by atoms with E-state index in [2.05, 4.69) is 11.7 Å². The average Bonchev–Trinajstić information content (AvgIpc) is 2.99. The van der Waals surface area contributed by atoms with Crippen LogP contribution in [0.1, 0.15) is 50.0 Å². The molecule has 0 unspecified atom stereocenters. The number of hydrogen-bond donors (Lipinski definition) is 0. The first kappa shape index (κ1) is 33.3. The van der Waals surface area contributed by atoms with E-state index in [1.54, 1.807) is 0 Å². The van der Waals surface area contributed by atoms with Crippen molar-refractivity contribution >= 4 is 0 Å². The summed E-state index contributed by atoms with van der Waals surface area (Å²) in [7, 11) is 0. The third kappa shape index (κ3) is 7.18. The maximum absolute atomic E-state index is 15.1. The van der Waals surface area contributed by atoms with Gasteiger partial charge in [-0.2, -0.15) is 8.78 Å². The topological polar surface area (TPSA) is 27.7 Å². The van der Waals surface area contributed by atoms with Gasteiger partial charge in [0.05, 0.1) is 13.2 Å². The van der Waals surface area contributed by atoms with Crippen molar-refractivity contribution in [2.75, 3.05) is 13.2 Å². The Morgan fingerprint density at radius 1 is 0.674 bits per heavy atom. The summed E-state index contributed by atoms with van der Waals surface area (Å²) in [5.41, 5.74) is -3.08. The third-order valence-corrected chi connectivity index (χ3v) is 7.57. The van der Waals surface area contributed by atoms with Crippen LogP contribution in [-0.2, 0) is 15.6 Å². The molecule has 0 radical (unpaired) electrons. The van der Waals surface area contributed by atoms with E-state index in [0.717, 1.165) is 43.9 Å². The average molecular weight is 655 g/mol. The molecule has 0 N–H and O–H groups in total. The van der Waals surface area contributed by atoms with E-state index in [4.69, 9.17) is 9.47 Å². The van der Waals surface area contributed by atoms with Crippen molar-refractivity contribution in [1.82, 2.24) is 0 Å². The Kier molecular flexibility index (Phi) is 9.97. The molecule has 1 saturated heterocycles. The van der Waals surface area contributed by atoms with Crippen molar-refractivity contribution in [3.63, 3.8) is 0 Å². The Balaban J connectivity index is 1.31. The molecule has 1 aliphatic heterocycles. The maximum Gasteiger partial charge on any atom is 0.432 e. The fourth-order valence-electron chi connectivity index (χ4n) is 5.21. The molecule has 1 aliphatic rings. The Hall–Kier alpha value is -4.03. The zero-order valence-corrected chi connectivity index (χ0v) is 24.3. The molecular weight excluding hydrogens is 627 g/mol. The molecule has 0 saturated carbocycles. The molecule has 1 fully saturated rings. The van der Waals surface area contributed by atoms with Gasteiger partial charge in [0, 0.05) is 28.7 Å². The zero-order chi connectivity index (χ0) is 33.2. The molecule has 5 rings (SSSR count). The van der Waals surface area contributed by atoms with Crippen LogP contribution >= 0.6 is 0 Å². The lowest BCUT2D eigenvalue weighted by Crippen LogP contribution is -2.27. The van der Waals surface area contributed by atoms with E-state index in [1.165, 1.54) is 12.1 Å². The Morgan fingerprint density at radius 3 is 1.76 bits per heavy atom. The number of rotatable bonds is 10. The number of ether oxygens (including phenoxy) is 3. The molecule has 3 nitrogen and oxygen atoms in total. The molecule has 46 heavy (non-hydrogen) atoms. The lowest BCUT2D eigenvalue weighted by molar-refractivity contribution is -0.206. The van der Waals surface area contributed by atoms with Crippen molar-refractivity contribution in [3.05, 3.63) is 113 Å². The van der Waals surface area contributed by atoms with Gasteiger partial charge in [0.1, 0.15) is 34.6 Å². The zero-order valence-electron chi connectivity index (χ0n) is 24.3. The molecule has 0 amide bonds. The third-order valence-electron chi connectivity index (χ3n) is 7.57. The van der Waals surface area contributed by atoms with Gasteiger partial charge in [-0.1, -0.05) is 38.3 Å². The second-order valence-electron chi connectivity index (χ2n) is 10.9. The minimum Gasteiger partial charge on any atom is -0.429 e. The van der Waals surface area contributed by atoms with Gasteiger partial charge >= 0.3 is 6.11 Å². The minimum absolute atomic E-state index is 0.218. The summed E-state index contributed by atoms with van der Waals surface area (Å²) in [6, 6.07) is 7.71. The molecule has 0 atom stereocenters. The number of unbranched alkanes of at least 4 members (excludes halogenated alkanes) is 2. The first-order valence-corrected chi connectivity index (χ1v) is 14.4. The summed E-state index contributed by atoms with van der Waals surface area (Å²) in [6.45, 7) is 2.96. The summed E-state index contributed by atoms with van der Waals surface area (Å²) >= 11 is 0. The molecule has 244 valence electrons. The second kappa shape index (κ2) is 13.8. The van der Waals surface area contributed by atoms with Crippen LogP contribution in [0.4, 0.5) is 39.5 Å². The van der Waals surface area contributed by atoms with Crippen molar-refractivity contribution in [2.45, 2.75) is 45.0 Å². The fraction of sp³-hybridized carbons (Fsp3) is 0.294. The predicted octanol–water partition coefficient (Wildman–Crippen LogP) is 10.4. The van der Waals surface area contributed by atoms with Crippen LogP contribution in [0.5, 0.6) is 5.75 Å². The quantitative estimate of drug-likeness (QED) is 0.0968. The Labute approximate surface area is 258 Å². The van der Waals surface area contributed by atoms with Gasteiger partial charge in [-0.05, 0) is 60.0 Å². The monoisotopic (exact) mass is 654 g/mol. The highest BCUT2D eigenvalue weighted by molar-refractivity contribution is 5.66. The molecule has 12 heteroatoms. The number of halogens is 9. The van der Waals surface area contributed by atoms with Crippen LogP contribution in [0.25, 0.3) is 22.3 Å². The standard InChI is InChI=1S/C34H27F9O3/c1-2-3-4-5-18-16-44-33(45-17-18)19-6-8-23(25(35)10-19)20-11-27(37)31(28(38)12-20)34(42,43)46-22-7-9-24(26(36)15-22)21-13-29(39)32(41)30(40)14-21/h6-15,18,33H,2-5,16-17H2,1H3. The van der Waals surface area contributed by atoms with Gasteiger partial charge in [-0.25, -0.2) is 30.7 Å². The molecule has 0 bridgehead atoms. The number of alkyl halides is 2. The van der Waals surface area contributed by atoms with Gasteiger partial charge in [0.25, 0.3) is 0 Å². The second-order valence-corrected chi connectivity index (χ2v) is 10.9. The smallest absolute Gasteiger partial charge is 0.429 e. The van der Waals surface area contributed by atoms with E-state index in [9.17, 15) is 35.1 Å². The molecule has 4 aromatic rings. The van der Waals surface area contributed by atoms with Crippen LogP contribution < -0.4 is 4.74 Å². The summed E-state index contributed by atoms with van der Waals surface area (Å²) < 4.78 is 146. The number of hydrogen-bond acceptors (Lipinski definition) is 3. The lowest BCUT2D eigenvalue weighted by atomic mass is 9.99. The van der Waals surface area contributed by atoms with Crippen LogP contribution in [-0.4, -0.2) is 13.2 Å². The highest BCUT2D eigenvalue weighted by atomic mass is 19.3. The highest BCUT2D eigenvalue weighted by Gasteiger charge is 2.41. The van der Waals surface area contributed by atoms with Crippen molar-refractivity contribution in [1.29, 1.82) is 0 Å². The lowest BCUT2D eigenvalue weighted by Gasteiger charge is -2.29. The van der Waals surface area contributed by atoms with Crippen LogP contribution in [0.15, 0.2) is 60.7 Å². The van der Waals surface area contributed by atoms with Gasteiger partial charge in [0.2, 0.25) is 0 Å². The van der Waals surface area contributed by atoms with E-state index in [0.29, 0.717) is 49.1 Å². The molecule has 0 spiro atoms. The van der Waals surface area contributed by atoms with Crippen molar-refractivity contribution < 1.29 is 53.7 Å². The minimum atomic E-state index is -4.68. The predicted molar refractivity (Wildman–Crippen MR) is 150 cm³/mol. The van der Waals surface area contributed by atoms with Crippen LogP contribution in [0, 0.1) is 46.6 Å². The summed E-state index contributed by atoms with van der Waals surface area (Å²) in [4.78, 5) is 0. The fourth-order valence-corrected chi connectivity index (χ4v) is 5.21. The van der Waals surface area contributed by atoms with Crippen molar-refractivity contribution in [2.24, 2.45) is 5.92 Å². The first-order chi connectivity index (χ1) is 21.9. The Bertz CT molecular complexity index is 1670. The highest BCUT2D eigenvalue weighted by Crippen LogP contribution is 2.39. The van der Waals surface area contributed by atoms with Gasteiger partial charge < -0.3 is 14.2 Å². The molecular formula is C34H27F9O3. The van der Waals surface area contributed by atoms with Gasteiger partial charge in [0.15, 0.2) is 23.7 Å². The summed E-state index contributed by atoms with van der Waals surface area (Å²) in [5, 5.41) is 0. The van der Waals surface area contributed by atoms with Gasteiger partial charge in [-0.3, -0.25) is 0 Å². The largest absolute Gasteiger partial charge is 0.432 e. The normalized spacial score (nSPS) is 16.9. The maximum atomic E-state index is 15.1. The van der Waals surface area contributed by atoms with Crippen LogP contribution in [0.2, 0.25) is 0 Å². The Morgan fingerprint density at radius 2 is 1.22 bits per heavy atom. The first-order valence-electron chi connectivity index (χ1n) is 14.4. The van der Waals surface area contributed by atoms with E-state index in [1.807, 2.05) is 0 Å². The number of benzene rings is 4. The van der Waals surface area contributed by atoms with Gasteiger partial charge in [-0.15, -0.1) is 0 Å². The van der Waals surface area contributed by atoms with E-state index < -0.39 is 75.6 Å².